The summed E-state index contributed by atoms with van der Waals surface area (Å²) in [5.41, 5.74) is 8.80. The molecule has 2 heteroatoms. The minimum absolute atomic E-state index is 0.154. The first-order chi connectivity index (χ1) is 7.75. The van der Waals surface area contributed by atoms with Gasteiger partial charge in [0, 0.05) is 10.9 Å². The Bertz CT molecular complexity index is 433. The van der Waals surface area contributed by atoms with E-state index in [2.05, 4.69) is 30.5 Å². The van der Waals surface area contributed by atoms with Crippen LogP contribution in [-0.4, -0.2) is 0 Å². The van der Waals surface area contributed by atoms with Gasteiger partial charge in [-0.1, -0.05) is 30.3 Å². The summed E-state index contributed by atoms with van der Waals surface area (Å²) in [4.78, 5) is 1.38. The fourth-order valence-corrected chi connectivity index (χ4v) is 2.56. The van der Waals surface area contributed by atoms with E-state index in [9.17, 15) is 0 Å². The van der Waals surface area contributed by atoms with Gasteiger partial charge >= 0.3 is 0 Å². The van der Waals surface area contributed by atoms with E-state index in [1.807, 2.05) is 29.5 Å². The second kappa shape index (κ2) is 5.28. The van der Waals surface area contributed by atoms with Crippen LogP contribution in [0.2, 0.25) is 0 Å². The third kappa shape index (κ3) is 2.94. The van der Waals surface area contributed by atoms with Crippen molar-refractivity contribution in [2.75, 3.05) is 0 Å². The van der Waals surface area contributed by atoms with Gasteiger partial charge in [0.1, 0.15) is 0 Å². The molecule has 1 aromatic heterocycles. The van der Waals surface area contributed by atoms with Crippen molar-refractivity contribution < 1.29 is 0 Å². The summed E-state index contributed by atoms with van der Waals surface area (Å²) in [6.07, 6.45) is 2.08. The van der Waals surface area contributed by atoms with Crippen LogP contribution >= 0.6 is 11.3 Å². The van der Waals surface area contributed by atoms with E-state index in [0.29, 0.717) is 0 Å². The molecule has 0 saturated heterocycles. The van der Waals surface area contributed by atoms with Gasteiger partial charge in [-0.3, -0.25) is 0 Å². The first-order valence-electron chi connectivity index (χ1n) is 5.60. The molecule has 84 valence electrons. The molecule has 1 heterocycles. The zero-order valence-corrected chi connectivity index (χ0v) is 10.3. The predicted octanol–water partition coefficient (Wildman–Crippen LogP) is 3.69. The smallest absolute Gasteiger partial charge is 0.0298 e. The SMILES string of the molecule is Cc1cc(CCC(N)c2ccccc2)cs1. The second-order valence-corrected chi connectivity index (χ2v) is 5.24. The topological polar surface area (TPSA) is 26.0 Å². The molecule has 0 bridgehead atoms. The van der Waals surface area contributed by atoms with E-state index in [1.165, 1.54) is 16.0 Å². The third-order valence-electron chi connectivity index (χ3n) is 2.76. The zero-order valence-electron chi connectivity index (χ0n) is 9.52. The summed E-state index contributed by atoms with van der Waals surface area (Å²) in [5.74, 6) is 0. The Morgan fingerprint density at radius 3 is 2.62 bits per heavy atom. The quantitative estimate of drug-likeness (QED) is 0.853. The fourth-order valence-electron chi connectivity index (χ4n) is 1.82. The summed E-state index contributed by atoms with van der Waals surface area (Å²) in [7, 11) is 0. The number of benzene rings is 1. The van der Waals surface area contributed by atoms with Crippen LogP contribution in [0.4, 0.5) is 0 Å². The first-order valence-corrected chi connectivity index (χ1v) is 6.48. The lowest BCUT2D eigenvalue weighted by atomic mass is 10.0. The van der Waals surface area contributed by atoms with Crippen molar-refractivity contribution >= 4 is 11.3 Å². The number of aryl methyl sites for hydroxylation is 2. The Morgan fingerprint density at radius 2 is 2.00 bits per heavy atom. The van der Waals surface area contributed by atoms with Gasteiger partial charge in [0.05, 0.1) is 0 Å². The van der Waals surface area contributed by atoms with Gasteiger partial charge in [0.2, 0.25) is 0 Å². The van der Waals surface area contributed by atoms with E-state index in [4.69, 9.17) is 5.73 Å². The van der Waals surface area contributed by atoms with Crippen molar-refractivity contribution in [1.82, 2.24) is 0 Å². The van der Waals surface area contributed by atoms with Gasteiger partial charge in [-0.2, -0.15) is 0 Å². The van der Waals surface area contributed by atoms with E-state index in [-0.39, 0.29) is 6.04 Å². The lowest BCUT2D eigenvalue weighted by Gasteiger charge is -2.10. The van der Waals surface area contributed by atoms with Gasteiger partial charge in [-0.25, -0.2) is 0 Å². The first kappa shape index (κ1) is 11.4. The van der Waals surface area contributed by atoms with Crippen molar-refractivity contribution in [3.8, 4) is 0 Å². The van der Waals surface area contributed by atoms with E-state index in [0.717, 1.165) is 12.8 Å². The number of thiophene rings is 1. The average Bonchev–Trinajstić information content (AvgIpc) is 2.73. The summed E-state index contributed by atoms with van der Waals surface area (Å²) in [6, 6.07) is 12.7. The van der Waals surface area contributed by atoms with Crippen molar-refractivity contribution in [3.63, 3.8) is 0 Å². The average molecular weight is 231 g/mol. The van der Waals surface area contributed by atoms with Gasteiger partial charge in [0.25, 0.3) is 0 Å². The molecule has 0 spiro atoms. The molecule has 1 unspecified atom stereocenters. The van der Waals surface area contributed by atoms with E-state index >= 15 is 0 Å². The molecule has 16 heavy (non-hydrogen) atoms. The fraction of sp³-hybridized carbons (Fsp3) is 0.286. The molecular formula is C14H17NS. The molecule has 2 N–H and O–H groups in total. The van der Waals surface area contributed by atoms with Crippen molar-refractivity contribution in [3.05, 3.63) is 57.8 Å². The van der Waals surface area contributed by atoms with Crippen LogP contribution in [0.25, 0.3) is 0 Å². The lowest BCUT2D eigenvalue weighted by molar-refractivity contribution is 0.652. The number of rotatable bonds is 4. The number of hydrogen-bond acceptors (Lipinski definition) is 2. The van der Waals surface area contributed by atoms with Gasteiger partial charge in [0.15, 0.2) is 0 Å². The van der Waals surface area contributed by atoms with Gasteiger partial charge in [-0.05, 0) is 42.3 Å². The molecule has 0 aliphatic carbocycles. The molecule has 0 amide bonds. The van der Waals surface area contributed by atoms with Crippen molar-refractivity contribution in [2.24, 2.45) is 5.73 Å². The van der Waals surface area contributed by atoms with Crippen LogP contribution in [0.5, 0.6) is 0 Å². The molecule has 0 aliphatic heterocycles. The normalized spacial score (nSPS) is 12.6. The summed E-state index contributed by atoms with van der Waals surface area (Å²) in [6.45, 7) is 2.14. The minimum atomic E-state index is 0.154. The molecule has 0 saturated carbocycles. The Kier molecular flexibility index (Phi) is 3.75. The van der Waals surface area contributed by atoms with Crippen LogP contribution in [0.3, 0.4) is 0 Å². The highest BCUT2D eigenvalue weighted by Gasteiger charge is 2.05. The largest absolute Gasteiger partial charge is 0.324 e. The molecule has 2 rings (SSSR count). The van der Waals surface area contributed by atoms with Crippen LogP contribution in [0, 0.1) is 6.92 Å². The summed E-state index contributed by atoms with van der Waals surface area (Å²) >= 11 is 1.81. The number of nitrogens with two attached hydrogens (primary N) is 1. The molecule has 0 radical (unpaired) electrons. The highest BCUT2D eigenvalue weighted by Crippen LogP contribution is 2.19. The maximum absolute atomic E-state index is 6.15. The van der Waals surface area contributed by atoms with Gasteiger partial charge < -0.3 is 5.73 Å². The van der Waals surface area contributed by atoms with Crippen molar-refractivity contribution in [2.45, 2.75) is 25.8 Å². The maximum Gasteiger partial charge on any atom is 0.0298 e. The summed E-state index contributed by atoms with van der Waals surface area (Å²) in [5, 5.41) is 2.23. The van der Waals surface area contributed by atoms with Crippen LogP contribution in [0.15, 0.2) is 41.8 Å². The molecule has 1 atom stereocenters. The van der Waals surface area contributed by atoms with Crippen LogP contribution in [-0.2, 0) is 6.42 Å². The lowest BCUT2D eigenvalue weighted by Crippen LogP contribution is -2.10. The Balaban J connectivity index is 1.91. The molecule has 0 aliphatic rings. The van der Waals surface area contributed by atoms with Gasteiger partial charge in [-0.15, -0.1) is 11.3 Å². The molecule has 1 aromatic carbocycles. The standard InChI is InChI=1S/C14H17NS/c1-11-9-12(10-16-11)7-8-14(15)13-5-3-2-4-6-13/h2-6,9-10,14H,7-8,15H2,1H3. The highest BCUT2D eigenvalue weighted by molar-refractivity contribution is 7.10. The monoisotopic (exact) mass is 231 g/mol. The van der Waals surface area contributed by atoms with E-state index < -0.39 is 0 Å². The predicted molar refractivity (Wildman–Crippen MR) is 70.7 cm³/mol. The Hall–Kier alpha value is -1.12. The molecular weight excluding hydrogens is 214 g/mol. The van der Waals surface area contributed by atoms with Crippen molar-refractivity contribution in [1.29, 1.82) is 0 Å². The zero-order chi connectivity index (χ0) is 11.4. The van der Waals surface area contributed by atoms with Crippen LogP contribution < -0.4 is 5.73 Å². The number of hydrogen-bond donors (Lipinski definition) is 1. The molecule has 0 fully saturated rings. The van der Waals surface area contributed by atoms with E-state index in [1.54, 1.807) is 0 Å². The Morgan fingerprint density at radius 1 is 1.25 bits per heavy atom. The summed E-state index contributed by atoms with van der Waals surface area (Å²) < 4.78 is 0. The molecule has 2 aromatic rings. The minimum Gasteiger partial charge on any atom is -0.324 e. The second-order valence-electron chi connectivity index (χ2n) is 4.12. The third-order valence-corrected chi connectivity index (χ3v) is 3.67. The maximum atomic E-state index is 6.15. The highest BCUT2D eigenvalue weighted by atomic mass is 32.1. The van der Waals surface area contributed by atoms with Crippen LogP contribution in [0.1, 0.15) is 28.5 Å². The molecule has 1 nitrogen and oxygen atoms in total. The Labute approximate surface area is 101 Å².